The van der Waals surface area contributed by atoms with Gasteiger partial charge in [0.1, 0.15) is 24.3 Å². The minimum atomic E-state index is -0.788. The van der Waals surface area contributed by atoms with Gasteiger partial charge in [0.25, 0.3) is 0 Å². The van der Waals surface area contributed by atoms with Crippen LogP contribution >= 0.6 is 0 Å². The summed E-state index contributed by atoms with van der Waals surface area (Å²) in [4.78, 5) is 12.3. The molecule has 1 amide bonds. The second-order valence-electron chi connectivity index (χ2n) is 5.97. The molecule has 22 heavy (non-hydrogen) atoms. The van der Waals surface area contributed by atoms with Gasteiger partial charge in [-0.05, 0) is 43.5 Å². The standard InChI is InChI=1S/C17H24FNO3/c1-2-17(9-3-4-10-17)16(21)19-11-14(20)12-22-15-7-5-13(18)6-8-15/h5-8,14,20H,2-4,9-12H2,1H3,(H,19,21). The van der Waals surface area contributed by atoms with E-state index < -0.39 is 6.10 Å². The minimum Gasteiger partial charge on any atom is -0.491 e. The molecule has 0 aromatic heterocycles. The first-order valence-electron chi connectivity index (χ1n) is 7.90. The lowest BCUT2D eigenvalue weighted by Gasteiger charge is -2.26. The number of benzene rings is 1. The maximum atomic E-state index is 12.8. The van der Waals surface area contributed by atoms with Crippen molar-refractivity contribution in [1.29, 1.82) is 0 Å². The van der Waals surface area contributed by atoms with E-state index in [-0.39, 0.29) is 30.3 Å². The van der Waals surface area contributed by atoms with Crippen molar-refractivity contribution in [3.8, 4) is 5.75 Å². The van der Waals surface area contributed by atoms with Crippen LogP contribution in [0.4, 0.5) is 4.39 Å². The van der Waals surface area contributed by atoms with Gasteiger partial charge in [0.15, 0.2) is 0 Å². The molecule has 1 atom stereocenters. The summed E-state index contributed by atoms with van der Waals surface area (Å²) in [5.41, 5.74) is -0.252. The third-order valence-corrected chi connectivity index (χ3v) is 4.47. The number of aliphatic hydroxyl groups is 1. The maximum absolute atomic E-state index is 12.8. The molecule has 122 valence electrons. The molecule has 0 aliphatic heterocycles. The molecule has 0 bridgehead atoms. The average Bonchev–Trinajstić information content (AvgIpc) is 3.02. The number of ether oxygens (including phenoxy) is 1. The Balaban J connectivity index is 1.74. The highest BCUT2D eigenvalue weighted by molar-refractivity contribution is 5.82. The molecule has 1 aromatic carbocycles. The Morgan fingerprint density at radius 3 is 2.59 bits per heavy atom. The first kappa shape index (κ1) is 16.7. The normalized spacial score (nSPS) is 18.0. The third-order valence-electron chi connectivity index (χ3n) is 4.47. The van der Waals surface area contributed by atoms with Gasteiger partial charge in [-0.25, -0.2) is 4.39 Å². The molecule has 0 spiro atoms. The second-order valence-corrected chi connectivity index (χ2v) is 5.97. The van der Waals surface area contributed by atoms with Crippen LogP contribution in [-0.2, 0) is 4.79 Å². The fourth-order valence-corrected chi connectivity index (χ4v) is 2.97. The lowest BCUT2D eigenvalue weighted by Crippen LogP contribution is -2.43. The zero-order valence-corrected chi connectivity index (χ0v) is 13.0. The third kappa shape index (κ3) is 4.19. The van der Waals surface area contributed by atoms with Gasteiger partial charge in [0, 0.05) is 12.0 Å². The van der Waals surface area contributed by atoms with Crippen LogP contribution in [0.15, 0.2) is 24.3 Å². The number of halogens is 1. The van der Waals surface area contributed by atoms with Gasteiger partial charge in [-0.15, -0.1) is 0 Å². The van der Waals surface area contributed by atoms with Crippen LogP contribution in [-0.4, -0.2) is 30.3 Å². The molecule has 2 rings (SSSR count). The number of aliphatic hydroxyl groups excluding tert-OH is 1. The lowest BCUT2D eigenvalue weighted by molar-refractivity contribution is -0.131. The Morgan fingerprint density at radius 1 is 1.36 bits per heavy atom. The molecular formula is C17H24FNO3. The van der Waals surface area contributed by atoms with E-state index in [1.54, 1.807) is 0 Å². The molecule has 2 N–H and O–H groups in total. The summed E-state index contributed by atoms with van der Waals surface area (Å²) >= 11 is 0. The van der Waals surface area contributed by atoms with Crippen molar-refractivity contribution in [2.75, 3.05) is 13.2 Å². The maximum Gasteiger partial charge on any atom is 0.226 e. The SMILES string of the molecule is CCC1(C(=O)NCC(O)COc2ccc(F)cc2)CCCC1. The lowest BCUT2D eigenvalue weighted by atomic mass is 9.82. The Labute approximate surface area is 130 Å². The van der Waals surface area contributed by atoms with E-state index in [0.717, 1.165) is 32.1 Å². The van der Waals surface area contributed by atoms with Crippen molar-refractivity contribution >= 4 is 5.91 Å². The van der Waals surface area contributed by atoms with Gasteiger partial charge in [-0.2, -0.15) is 0 Å². The zero-order valence-electron chi connectivity index (χ0n) is 13.0. The molecule has 1 aromatic rings. The Bertz CT molecular complexity index is 483. The van der Waals surface area contributed by atoms with Crippen molar-refractivity contribution in [3.63, 3.8) is 0 Å². The molecule has 4 nitrogen and oxygen atoms in total. The summed E-state index contributed by atoms with van der Waals surface area (Å²) in [6.07, 6.45) is 4.09. The van der Waals surface area contributed by atoms with Gasteiger partial charge in [-0.1, -0.05) is 19.8 Å². The smallest absolute Gasteiger partial charge is 0.226 e. The highest BCUT2D eigenvalue weighted by Gasteiger charge is 2.39. The van der Waals surface area contributed by atoms with E-state index in [2.05, 4.69) is 5.32 Å². The van der Waals surface area contributed by atoms with Gasteiger partial charge in [0.2, 0.25) is 5.91 Å². The molecule has 0 saturated heterocycles. The van der Waals surface area contributed by atoms with Gasteiger partial charge < -0.3 is 15.2 Å². The summed E-state index contributed by atoms with van der Waals surface area (Å²) in [5.74, 6) is 0.197. The number of hydrogen-bond acceptors (Lipinski definition) is 3. The summed E-state index contributed by atoms with van der Waals surface area (Å²) < 4.78 is 18.1. The molecule has 0 radical (unpaired) electrons. The van der Waals surface area contributed by atoms with E-state index in [0.29, 0.717) is 5.75 Å². The summed E-state index contributed by atoms with van der Waals surface area (Å²) in [5, 5.41) is 12.7. The number of rotatable bonds is 7. The first-order valence-corrected chi connectivity index (χ1v) is 7.90. The van der Waals surface area contributed by atoms with Crippen LogP contribution in [0.2, 0.25) is 0 Å². The van der Waals surface area contributed by atoms with Gasteiger partial charge >= 0.3 is 0 Å². The Morgan fingerprint density at radius 2 is 2.00 bits per heavy atom. The van der Waals surface area contributed by atoms with Crippen molar-refractivity contribution in [2.24, 2.45) is 5.41 Å². The molecule has 1 unspecified atom stereocenters. The fraction of sp³-hybridized carbons (Fsp3) is 0.588. The first-order chi connectivity index (χ1) is 10.6. The molecular weight excluding hydrogens is 285 g/mol. The molecule has 0 heterocycles. The molecule has 1 aliphatic carbocycles. The van der Waals surface area contributed by atoms with Gasteiger partial charge in [-0.3, -0.25) is 4.79 Å². The zero-order chi connectivity index (χ0) is 16.0. The highest BCUT2D eigenvalue weighted by Crippen LogP contribution is 2.41. The van der Waals surface area contributed by atoms with Crippen LogP contribution in [0.5, 0.6) is 5.75 Å². The summed E-state index contributed by atoms with van der Waals surface area (Å²) in [7, 11) is 0. The Kier molecular flexibility index (Phi) is 5.77. The summed E-state index contributed by atoms with van der Waals surface area (Å²) in [6, 6.07) is 5.61. The van der Waals surface area contributed by atoms with Crippen molar-refractivity contribution in [2.45, 2.75) is 45.1 Å². The topological polar surface area (TPSA) is 58.6 Å². The van der Waals surface area contributed by atoms with E-state index in [9.17, 15) is 14.3 Å². The fourth-order valence-electron chi connectivity index (χ4n) is 2.97. The van der Waals surface area contributed by atoms with E-state index in [1.807, 2.05) is 6.92 Å². The summed E-state index contributed by atoms with van der Waals surface area (Å²) in [6.45, 7) is 2.27. The molecule has 1 fully saturated rings. The molecule has 1 aliphatic rings. The van der Waals surface area contributed by atoms with Crippen LogP contribution in [0.1, 0.15) is 39.0 Å². The van der Waals surface area contributed by atoms with Crippen molar-refractivity contribution in [3.05, 3.63) is 30.1 Å². The number of hydrogen-bond donors (Lipinski definition) is 2. The van der Waals surface area contributed by atoms with E-state index in [1.165, 1.54) is 24.3 Å². The number of carbonyl (C=O) groups is 1. The molecule has 1 saturated carbocycles. The largest absolute Gasteiger partial charge is 0.491 e. The van der Waals surface area contributed by atoms with Crippen LogP contribution in [0, 0.1) is 11.2 Å². The quantitative estimate of drug-likeness (QED) is 0.814. The highest BCUT2D eigenvalue weighted by atomic mass is 19.1. The van der Waals surface area contributed by atoms with Crippen molar-refractivity contribution < 1.29 is 19.0 Å². The predicted molar refractivity (Wildman–Crippen MR) is 82.1 cm³/mol. The van der Waals surface area contributed by atoms with Crippen LogP contribution in [0.3, 0.4) is 0 Å². The average molecular weight is 309 g/mol. The minimum absolute atomic E-state index is 0.0355. The number of amides is 1. The van der Waals surface area contributed by atoms with Gasteiger partial charge in [0.05, 0.1) is 0 Å². The number of nitrogens with one attached hydrogen (secondary N) is 1. The van der Waals surface area contributed by atoms with E-state index in [4.69, 9.17) is 4.74 Å². The second kappa shape index (κ2) is 7.58. The van der Waals surface area contributed by atoms with Crippen molar-refractivity contribution in [1.82, 2.24) is 5.32 Å². The predicted octanol–water partition coefficient (Wildman–Crippen LogP) is 2.65. The molecule has 5 heteroatoms. The van der Waals surface area contributed by atoms with Crippen LogP contribution in [0.25, 0.3) is 0 Å². The van der Waals surface area contributed by atoms with Crippen LogP contribution < -0.4 is 10.1 Å². The Hall–Kier alpha value is -1.62. The monoisotopic (exact) mass is 309 g/mol. The van der Waals surface area contributed by atoms with E-state index >= 15 is 0 Å². The number of carbonyl (C=O) groups excluding carboxylic acids is 1.